The molecule has 2 unspecified atom stereocenters. The summed E-state index contributed by atoms with van der Waals surface area (Å²) in [6.45, 7) is 2.58. The molecule has 0 saturated heterocycles. The number of hydrogen-bond acceptors (Lipinski definition) is 8. The standard InChI is InChI=1S/C40H43NO8/c1-29(42)41-37-34(46-25-31-17-9-4-10-18-31)23-35(40(43)44-2)49-39(37)38(48-27-33-21-13-6-14-22-33)36(47-26-32-19-11-5-12-20-32)28-45-24-30-15-7-3-8-16-30/h3-23,34,36-39H,24-28H2,1-2H3,(H,41,42)/t34-,36?,37+,38?,39-/m0/s1. The average Bonchev–Trinajstić information content (AvgIpc) is 3.14. The third-order valence-electron chi connectivity index (χ3n) is 8.00. The fourth-order valence-electron chi connectivity index (χ4n) is 5.57. The Labute approximate surface area is 287 Å². The lowest BCUT2D eigenvalue weighted by atomic mass is 9.93. The zero-order chi connectivity index (χ0) is 34.3. The van der Waals surface area contributed by atoms with Gasteiger partial charge in [0.15, 0.2) is 6.10 Å². The zero-order valence-corrected chi connectivity index (χ0v) is 27.8. The molecule has 5 atom stereocenters. The number of nitrogens with one attached hydrogen (secondary N) is 1. The van der Waals surface area contributed by atoms with Crippen LogP contribution in [0.2, 0.25) is 0 Å². The highest BCUT2D eigenvalue weighted by atomic mass is 16.6. The SMILES string of the molecule is COC(=O)C1=C[C@H](OCc2ccccc2)[C@@H](NC(C)=O)[C@@H](C(OCc2ccccc2)C(COCc2ccccc2)OCc2ccccc2)O1. The lowest BCUT2D eigenvalue weighted by Crippen LogP contribution is -2.61. The van der Waals surface area contributed by atoms with Crippen LogP contribution in [0.1, 0.15) is 29.2 Å². The fourth-order valence-corrected chi connectivity index (χ4v) is 5.57. The molecule has 4 aromatic carbocycles. The Morgan fingerprint density at radius 2 is 1.18 bits per heavy atom. The van der Waals surface area contributed by atoms with Gasteiger partial charge in [0, 0.05) is 6.92 Å². The summed E-state index contributed by atoms with van der Waals surface area (Å²) in [5, 5.41) is 3.02. The van der Waals surface area contributed by atoms with Crippen LogP contribution < -0.4 is 5.32 Å². The van der Waals surface area contributed by atoms with Crippen LogP contribution in [-0.4, -0.2) is 56.1 Å². The van der Waals surface area contributed by atoms with Crippen molar-refractivity contribution in [3.63, 3.8) is 0 Å². The molecule has 49 heavy (non-hydrogen) atoms. The second-order valence-electron chi connectivity index (χ2n) is 11.7. The molecular formula is C40H43NO8. The van der Waals surface area contributed by atoms with E-state index in [4.69, 9.17) is 28.4 Å². The highest BCUT2D eigenvalue weighted by molar-refractivity contribution is 5.86. The minimum Gasteiger partial charge on any atom is -0.478 e. The Bertz CT molecular complexity index is 1600. The summed E-state index contributed by atoms with van der Waals surface area (Å²) in [6, 6.07) is 38.2. The van der Waals surface area contributed by atoms with Crippen LogP contribution in [0.4, 0.5) is 0 Å². The van der Waals surface area contributed by atoms with E-state index in [0.717, 1.165) is 22.3 Å². The van der Waals surface area contributed by atoms with Crippen molar-refractivity contribution in [2.75, 3.05) is 13.7 Å². The number of carbonyl (C=O) groups is 2. The second kappa shape index (κ2) is 18.7. The summed E-state index contributed by atoms with van der Waals surface area (Å²) in [7, 11) is 1.29. The molecule has 0 aliphatic carbocycles. The number of carbonyl (C=O) groups excluding carboxylic acids is 2. The molecule has 1 N–H and O–H groups in total. The van der Waals surface area contributed by atoms with Crippen LogP contribution in [0, 0.1) is 0 Å². The van der Waals surface area contributed by atoms with Gasteiger partial charge in [-0.3, -0.25) is 4.79 Å². The zero-order valence-electron chi connectivity index (χ0n) is 27.8. The molecule has 0 saturated carbocycles. The van der Waals surface area contributed by atoms with E-state index in [1.165, 1.54) is 14.0 Å². The highest BCUT2D eigenvalue weighted by Crippen LogP contribution is 2.29. The van der Waals surface area contributed by atoms with Gasteiger partial charge >= 0.3 is 5.97 Å². The Balaban J connectivity index is 1.50. The predicted molar refractivity (Wildman–Crippen MR) is 184 cm³/mol. The predicted octanol–water partition coefficient (Wildman–Crippen LogP) is 5.92. The van der Waals surface area contributed by atoms with Crippen LogP contribution >= 0.6 is 0 Å². The molecule has 1 aliphatic rings. The number of amides is 1. The monoisotopic (exact) mass is 665 g/mol. The first kappa shape index (κ1) is 35.5. The normalized spacial score (nSPS) is 18.4. The van der Waals surface area contributed by atoms with Crippen molar-refractivity contribution in [3.05, 3.63) is 155 Å². The van der Waals surface area contributed by atoms with Crippen molar-refractivity contribution >= 4 is 11.9 Å². The molecule has 0 spiro atoms. The number of rotatable bonds is 17. The molecule has 9 heteroatoms. The number of esters is 1. The second-order valence-corrected chi connectivity index (χ2v) is 11.7. The third kappa shape index (κ3) is 10.9. The Kier molecular flexibility index (Phi) is 13.5. The topological polar surface area (TPSA) is 102 Å². The molecule has 1 amide bonds. The molecule has 256 valence electrons. The van der Waals surface area contributed by atoms with Crippen LogP contribution in [0.5, 0.6) is 0 Å². The summed E-state index contributed by atoms with van der Waals surface area (Å²) in [5.74, 6) is -1.03. The summed E-state index contributed by atoms with van der Waals surface area (Å²) in [6.07, 6.45) is -1.74. The molecule has 0 radical (unpaired) electrons. The molecule has 4 aromatic rings. The van der Waals surface area contributed by atoms with E-state index < -0.39 is 36.4 Å². The summed E-state index contributed by atoms with van der Waals surface area (Å²) < 4.78 is 37.4. The summed E-state index contributed by atoms with van der Waals surface area (Å²) in [5.41, 5.74) is 3.81. The van der Waals surface area contributed by atoms with Crippen molar-refractivity contribution in [1.29, 1.82) is 0 Å². The fraction of sp³-hybridized carbons (Fsp3) is 0.300. The molecule has 1 heterocycles. The van der Waals surface area contributed by atoms with Crippen molar-refractivity contribution in [2.45, 2.75) is 63.8 Å². The quantitative estimate of drug-likeness (QED) is 0.139. The minimum atomic E-state index is -0.950. The maximum Gasteiger partial charge on any atom is 0.373 e. The van der Waals surface area contributed by atoms with Gasteiger partial charge in [0.05, 0.1) is 46.2 Å². The number of hydrogen-bond donors (Lipinski definition) is 1. The maximum atomic E-state index is 13.0. The molecule has 5 rings (SSSR count). The van der Waals surface area contributed by atoms with E-state index in [2.05, 4.69) is 5.32 Å². The van der Waals surface area contributed by atoms with Gasteiger partial charge in [-0.05, 0) is 28.3 Å². The molecule has 0 bridgehead atoms. The number of methoxy groups -OCH3 is 1. The van der Waals surface area contributed by atoms with Crippen molar-refractivity contribution < 1.29 is 38.0 Å². The first-order valence-corrected chi connectivity index (χ1v) is 16.3. The van der Waals surface area contributed by atoms with Gasteiger partial charge in [0.25, 0.3) is 0 Å². The lowest BCUT2D eigenvalue weighted by molar-refractivity contribution is -0.181. The van der Waals surface area contributed by atoms with Gasteiger partial charge in [-0.15, -0.1) is 0 Å². The Morgan fingerprint density at radius 1 is 0.694 bits per heavy atom. The highest BCUT2D eigenvalue weighted by Gasteiger charge is 2.46. The minimum absolute atomic E-state index is 0.0486. The van der Waals surface area contributed by atoms with Crippen molar-refractivity contribution in [3.8, 4) is 0 Å². The summed E-state index contributed by atoms with van der Waals surface area (Å²) >= 11 is 0. The van der Waals surface area contributed by atoms with Crippen molar-refractivity contribution in [1.82, 2.24) is 5.32 Å². The molecule has 9 nitrogen and oxygen atoms in total. The Morgan fingerprint density at radius 3 is 1.69 bits per heavy atom. The van der Waals surface area contributed by atoms with Gasteiger partial charge in [-0.1, -0.05) is 121 Å². The van der Waals surface area contributed by atoms with Crippen LogP contribution in [0.15, 0.2) is 133 Å². The Hall–Kier alpha value is -4.80. The van der Waals surface area contributed by atoms with E-state index in [1.54, 1.807) is 6.08 Å². The van der Waals surface area contributed by atoms with Gasteiger partial charge in [0.2, 0.25) is 11.7 Å². The number of ether oxygens (including phenoxy) is 6. The van der Waals surface area contributed by atoms with Crippen LogP contribution in [0.3, 0.4) is 0 Å². The number of benzene rings is 4. The molecular weight excluding hydrogens is 622 g/mol. The van der Waals surface area contributed by atoms with Gasteiger partial charge in [0.1, 0.15) is 18.3 Å². The summed E-state index contributed by atoms with van der Waals surface area (Å²) in [4.78, 5) is 25.7. The van der Waals surface area contributed by atoms with Gasteiger partial charge < -0.3 is 33.7 Å². The van der Waals surface area contributed by atoms with E-state index in [1.807, 2.05) is 121 Å². The van der Waals surface area contributed by atoms with Crippen molar-refractivity contribution in [2.24, 2.45) is 0 Å². The first-order valence-electron chi connectivity index (χ1n) is 16.3. The van der Waals surface area contributed by atoms with E-state index >= 15 is 0 Å². The van der Waals surface area contributed by atoms with Gasteiger partial charge in [-0.2, -0.15) is 0 Å². The van der Waals surface area contributed by atoms with E-state index in [0.29, 0.717) is 6.61 Å². The molecule has 0 fully saturated rings. The van der Waals surface area contributed by atoms with Gasteiger partial charge in [-0.25, -0.2) is 4.79 Å². The molecule has 0 aromatic heterocycles. The average molecular weight is 666 g/mol. The van der Waals surface area contributed by atoms with E-state index in [9.17, 15) is 9.59 Å². The molecule has 1 aliphatic heterocycles. The smallest absolute Gasteiger partial charge is 0.373 e. The first-order chi connectivity index (χ1) is 24.0. The third-order valence-corrected chi connectivity index (χ3v) is 8.00. The van der Waals surface area contributed by atoms with Crippen LogP contribution in [-0.2, 0) is 64.4 Å². The maximum absolute atomic E-state index is 13.0. The van der Waals surface area contributed by atoms with Crippen LogP contribution in [0.25, 0.3) is 0 Å². The largest absolute Gasteiger partial charge is 0.478 e. The van der Waals surface area contributed by atoms with E-state index in [-0.39, 0.29) is 38.1 Å². The lowest BCUT2D eigenvalue weighted by Gasteiger charge is -2.42.